The van der Waals surface area contributed by atoms with E-state index in [1.165, 1.54) is 19.3 Å². The molecule has 0 spiro atoms. The van der Waals surface area contributed by atoms with Crippen molar-refractivity contribution in [3.05, 3.63) is 11.8 Å². The van der Waals surface area contributed by atoms with Crippen molar-refractivity contribution in [2.24, 2.45) is 0 Å². The van der Waals surface area contributed by atoms with Gasteiger partial charge in [0.15, 0.2) is 0 Å². The Labute approximate surface area is 108 Å². The monoisotopic (exact) mass is 248 g/mol. The number of nitrogen functional groups attached to an aromatic ring is 1. The van der Waals surface area contributed by atoms with Crippen LogP contribution in [0.5, 0.6) is 0 Å². The zero-order chi connectivity index (χ0) is 13.0. The van der Waals surface area contributed by atoms with E-state index in [4.69, 9.17) is 15.7 Å². The number of piperidine rings is 1. The lowest BCUT2D eigenvalue weighted by atomic mass is 10.1. The predicted octanol–water partition coefficient (Wildman–Crippen LogP) is 1.58. The maximum atomic E-state index is 9.17. The quantitative estimate of drug-likeness (QED) is 0.878. The standard InChI is InChI=1S/C13H20N4O/c1-18-8-7-17-11(10-14)9-12(15)13(17)16-5-3-2-4-6-16/h9H,2-8,15H2,1H3. The molecule has 0 aromatic carbocycles. The number of nitrogens with zero attached hydrogens (tertiary/aromatic N) is 3. The van der Waals surface area contributed by atoms with E-state index in [1.807, 2.05) is 4.57 Å². The molecule has 2 N–H and O–H groups in total. The van der Waals surface area contributed by atoms with Crippen LogP contribution in [0.1, 0.15) is 25.0 Å². The maximum Gasteiger partial charge on any atom is 0.133 e. The number of aromatic nitrogens is 1. The molecular weight excluding hydrogens is 228 g/mol. The summed E-state index contributed by atoms with van der Waals surface area (Å²) >= 11 is 0. The maximum absolute atomic E-state index is 9.17. The molecule has 0 radical (unpaired) electrons. The van der Waals surface area contributed by atoms with Gasteiger partial charge in [-0.05, 0) is 25.3 Å². The molecule has 0 aliphatic carbocycles. The van der Waals surface area contributed by atoms with Crippen molar-refractivity contribution in [2.45, 2.75) is 25.8 Å². The Morgan fingerprint density at radius 3 is 2.72 bits per heavy atom. The topological polar surface area (TPSA) is 67.2 Å². The van der Waals surface area contributed by atoms with Crippen molar-refractivity contribution in [1.82, 2.24) is 4.57 Å². The minimum atomic E-state index is 0.587. The molecule has 2 rings (SSSR count). The number of hydrogen-bond acceptors (Lipinski definition) is 4. The summed E-state index contributed by atoms with van der Waals surface area (Å²) < 4.78 is 7.08. The van der Waals surface area contributed by atoms with E-state index < -0.39 is 0 Å². The molecule has 18 heavy (non-hydrogen) atoms. The van der Waals surface area contributed by atoms with Gasteiger partial charge in [0.25, 0.3) is 0 Å². The van der Waals surface area contributed by atoms with E-state index >= 15 is 0 Å². The van der Waals surface area contributed by atoms with Gasteiger partial charge in [0.1, 0.15) is 17.6 Å². The van der Waals surface area contributed by atoms with Gasteiger partial charge in [-0.15, -0.1) is 0 Å². The zero-order valence-electron chi connectivity index (χ0n) is 10.9. The summed E-state index contributed by atoms with van der Waals surface area (Å²) in [5.74, 6) is 0.989. The zero-order valence-corrected chi connectivity index (χ0v) is 10.9. The predicted molar refractivity (Wildman–Crippen MR) is 71.5 cm³/mol. The van der Waals surface area contributed by atoms with Crippen molar-refractivity contribution < 1.29 is 4.74 Å². The van der Waals surface area contributed by atoms with Gasteiger partial charge >= 0.3 is 0 Å². The number of hydrogen-bond donors (Lipinski definition) is 1. The third-order valence-corrected chi connectivity index (χ3v) is 3.39. The Morgan fingerprint density at radius 2 is 2.11 bits per heavy atom. The van der Waals surface area contributed by atoms with Crippen molar-refractivity contribution in [3.8, 4) is 6.07 Å². The first-order chi connectivity index (χ1) is 8.77. The first-order valence-electron chi connectivity index (χ1n) is 6.41. The largest absolute Gasteiger partial charge is 0.396 e. The lowest BCUT2D eigenvalue weighted by Gasteiger charge is -2.30. The molecule has 98 valence electrons. The average Bonchev–Trinajstić information content (AvgIpc) is 2.73. The summed E-state index contributed by atoms with van der Waals surface area (Å²) in [4.78, 5) is 2.29. The van der Waals surface area contributed by atoms with Gasteiger partial charge in [0.2, 0.25) is 0 Å². The second-order valence-corrected chi connectivity index (χ2v) is 4.61. The van der Waals surface area contributed by atoms with Crippen LogP contribution in [-0.2, 0) is 11.3 Å². The molecule has 1 aromatic heterocycles. The Hall–Kier alpha value is -1.67. The SMILES string of the molecule is COCCn1c(C#N)cc(N)c1N1CCCCC1. The Kier molecular flexibility index (Phi) is 4.11. The van der Waals surface area contributed by atoms with Crippen LogP contribution in [0.15, 0.2) is 6.07 Å². The molecule has 5 nitrogen and oxygen atoms in total. The van der Waals surface area contributed by atoms with Crippen LogP contribution in [0, 0.1) is 11.3 Å². The lowest BCUT2D eigenvalue weighted by Crippen LogP contribution is -2.32. The second-order valence-electron chi connectivity index (χ2n) is 4.61. The molecule has 0 amide bonds. The third kappa shape index (κ3) is 2.44. The molecule has 1 aliphatic rings. The molecule has 1 aliphatic heterocycles. The number of nitriles is 1. The molecule has 0 bridgehead atoms. The number of nitrogens with two attached hydrogens (primary N) is 1. The van der Waals surface area contributed by atoms with E-state index in [0.717, 1.165) is 18.9 Å². The van der Waals surface area contributed by atoms with Crippen LogP contribution in [0.3, 0.4) is 0 Å². The van der Waals surface area contributed by atoms with Gasteiger partial charge in [0.05, 0.1) is 12.3 Å². The van der Waals surface area contributed by atoms with Gasteiger partial charge in [-0.3, -0.25) is 0 Å². The van der Waals surface area contributed by atoms with E-state index in [1.54, 1.807) is 13.2 Å². The first-order valence-corrected chi connectivity index (χ1v) is 6.41. The smallest absolute Gasteiger partial charge is 0.133 e. The van der Waals surface area contributed by atoms with Crippen molar-refractivity contribution >= 4 is 11.5 Å². The van der Waals surface area contributed by atoms with Crippen molar-refractivity contribution in [3.63, 3.8) is 0 Å². The van der Waals surface area contributed by atoms with Crippen LogP contribution in [0.25, 0.3) is 0 Å². The molecule has 0 atom stereocenters. The highest BCUT2D eigenvalue weighted by Gasteiger charge is 2.20. The van der Waals surface area contributed by atoms with E-state index in [2.05, 4.69) is 11.0 Å². The minimum absolute atomic E-state index is 0.587. The Bertz CT molecular complexity index is 441. The summed E-state index contributed by atoms with van der Waals surface area (Å²) in [7, 11) is 1.67. The van der Waals surface area contributed by atoms with E-state index in [-0.39, 0.29) is 0 Å². The van der Waals surface area contributed by atoms with E-state index in [9.17, 15) is 0 Å². The number of methoxy groups -OCH3 is 1. The highest BCUT2D eigenvalue weighted by molar-refractivity contribution is 5.68. The molecule has 1 fully saturated rings. The van der Waals surface area contributed by atoms with Gasteiger partial charge in [-0.1, -0.05) is 0 Å². The van der Waals surface area contributed by atoms with E-state index in [0.29, 0.717) is 24.5 Å². The fourth-order valence-electron chi connectivity index (χ4n) is 2.52. The Morgan fingerprint density at radius 1 is 1.39 bits per heavy atom. The first kappa shape index (κ1) is 12.8. The van der Waals surface area contributed by atoms with Gasteiger partial charge in [0, 0.05) is 26.7 Å². The third-order valence-electron chi connectivity index (χ3n) is 3.39. The Balaban J connectivity index is 2.31. The van der Waals surface area contributed by atoms with Gasteiger partial charge in [-0.2, -0.15) is 5.26 Å². The normalized spacial score (nSPS) is 15.7. The highest BCUT2D eigenvalue weighted by atomic mass is 16.5. The molecule has 0 saturated carbocycles. The summed E-state index contributed by atoms with van der Waals surface area (Å²) in [6.07, 6.45) is 3.66. The van der Waals surface area contributed by atoms with Crippen LogP contribution in [0.2, 0.25) is 0 Å². The number of ether oxygens (including phenoxy) is 1. The lowest BCUT2D eigenvalue weighted by molar-refractivity contribution is 0.187. The molecule has 5 heteroatoms. The van der Waals surface area contributed by atoms with Crippen LogP contribution < -0.4 is 10.6 Å². The number of anilines is 2. The van der Waals surface area contributed by atoms with Crippen LogP contribution in [-0.4, -0.2) is 31.4 Å². The molecule has 0 unspecified atom stereocenters. The minimum Gasteiger partial charge on any atom is -0.396 e. The van der Waals surface area contributed by atoms with Crippen molar-refractivity contribution in [1.29, 1.82) is 5.26 Å². The summed E-state index contributed by atoms with van der Waals surface area (Å²) in [5.41, 5.74) is 7.38. The van der Waals surface area contributed by atoms with Crippen LogP contribution in [0.4, 0.5) is 11.5 Å². The van der Waals surface area contributed by atoms with Crippen molar-refractivity contribution in [2.75, 3.05) is 37.4 Å². The number of rotatable bonds is 4. The summed E-state index contributed by atoms with van der Waals surface area (Å²) in [6.45, 7) is 3.30. The molecule has 1 saturated heterocycles. The van der Waals surface area contributed by atoms with Gasteiger partial charge in [-0.25, -0.2) is 0 Å². The average molecular weight is 248 g/mol. The summed E-state index contributed by atoms with van der Waals surface area (Å²) in [6, 6.07) is 3.97. The second kappa shape index (κ2) is 5.78. The fourth-order valence-corrected chi connectivity index (χ4v) is 2.52. The fraction of sp³-hybridized carbons (Fsp3) is 0.615. The van der Waals surface area contributed by atoms with Gasteiger partial charge < -0.3 is 19.9 Å². The summed E-state index contributed by atoms with van der Waals surface area (Å²) in [5, 5.41) is 9.17. The van der Waals surface area contributed by atoms with Crippen LogP contribution >= 0.6 is 0 Å². The molecule has 2 heterocycles. The molecule has 1 aromatic rings. The molecular formula is C13H20N4O. The highest BCUT2D eigenvalue weighted by Crippen LogP contribution is 2.30.